The summed E-state index contributed by atoms with van der Waals surface area (Å²) >= 11 is 0. The van der Waals surface area contributed by atoms with Gasteiger partial charge in [0.25, 0.3) is 11.8 Å². The van der Waals surface area contributed by atoms with Crippen LogP contribution >= 0.6 is 0 Å². The van der Waals surface area contributed by atoms with Gasteiger partial charge in [-0.2, -0.15) is 0 Å². The Labute approximate surface area is 188 Å². The van der Waals surface area contributed by atoms with E-state index in [0.29, 0.717) is 42.8 Å². The minimum atomic E-state index is -1.21. The average Bonchev–Trinajstić information content (AvgIpc) is 3.48. The normalized spacial score (nSPS) is 15.5. The zero-order valence-corrected chi connectivity index (χ0v) is 17.9. The SMILES string of the molecule is CC1(F)CCN(C(=O)c2cnc3c(ccn3-c3ccc(C(=O)Nc4ccno4)nc3)c2)CC1. The fraction of sp³-hybridized carbons (Fsp3) is 0.261. The van der Waals surface area contributed by atoms with E-state index in [9.17, 15) is 14.0 Å². The van der Waals surface area contributed by atoms with Gasteiger partial charge in [-0.25, -0.2) is 14.4 Å². The Balaban J connectivity index is 1.33. The molecule has 5 rings (SSSR count). The molecule has 0 unspecified atom stereocenters. The molecule has 4 aromatic heterocycles. The number of anilines is 1. The van der Waals surface area contributed by atoms with Crippen molar-refractivity contribution in [3.63, 3.8) is 0 Å². The summed E-state index contributed by atoms with van der Waals surface area (Å²) in [6.07, 6.45) is 7.04. The van der Waals surface area contributed by atoms with Crippen molar-refractivity contribution in [1.29, 1.82) is 0 Å². The number of aromatic nitrogens is 4. The number of alkyl halides is 1. The van der Waals surface area contributed by atoms with Gasteiger partial charge in [-0.05, 0) is 44.0 Å². The highest BCUT2D eigenvalue weighted by atomic mass is 19.1. The van der Waals surface area contributed by atoms with Crippen molar-refractivity contribution in [1.82, 2.24) is 24.6 Å². The van der Waals surface area contributed by atoms with Crippen LogP contribution in [0.1, 0.15) is 40.6 Å². The van der Waals surface area contributed by atoms with Gasteiger partial charge in [0, 0.05) is 36.9 Å². The van der Waals surface area contributed by atoms with E-state index < -0.39 is 11.6 Å². The van der Waals surface area contributed by atoms with Crippen LogP contribution in [0, 0.1) is 0 Å². The molecule has 1 aliphatic heterocycles. The second-order valence-electron chi connectivity index (χ2n) is 8.26. The number of pyridine rings is 2. The van der Waals surface area contributed by atoms with Gasteiger partial charge in [-0.1, -0.05) is 5.16 Å². The molecule has 1 N–H and O–H groups in total. The molecule has 2 amide bonds. The van der Waals surface area contributed by atoms with Crippen molar-refractivity contribution in [2.45, 2.75) is 25.4 Å². The van der Waals surface area contributed by atoms with Crippen molar-refractivity contribution in [3.05, 3.63) is 66.4 Å². The molecule has 9 nitrogen and oxygen atoms in total. The molecule has 1 saturated heterocycles. The minimum Gasteiger partial charge on any atom is -0.338 e. The molecule has 168 valence electrons. The number of nitrogens with zero attached hydrogens (tertiary/aromatic N) is 5. The molecular formula is C23H21FN6O3. The summed E-state index contributed by atoms with van der Waals surface area (Å²) in [5.74, 6) is -0.320. The van der Waals surface area contributed by atoms with Gasteiger partial charge in [0.2, 0.25) is 5.88 Å². The summed E-state index contributed by atoms with van der Waals surface area (Å²) in [5.41, 5.74) is 0.850. The molecule has 0 aromatic carbocycles. The number of carbonyl (C=O) groups is 2. The van der Waals surface area contributed by atoms with Gasteiger partial charge in [0.15, 0.2) is 0 Å². The lowest BCUT2D eigenvalue weighted by molar-refractivity contribution is 0.0503. The Morgan fingerprint density at radius 2 is 1.94 bits per heavy atom. The highest BCUT2D eigenvalue weighted by Crippen LogP contribution is 2.27. The van der Waals surface area contributed by atoms with Crippen LogP contribution in [0.25, 0.3) is 16.7 Å². The Bertz CT molecular complexity index is 1300. The molecule has 0 bridgehead atoms. The maximum absolute atomic E-state index is 14.0. The van der Waals surface area contributed by atoms with Crippen LogP contribution in [0.5, 0.6) is 0 Å². The largest absolute Gasteiger partial charge is 0.338 e. The van der Waals surface area contributed by atoms with Crippen molar-refractivity contribution in [2.75, 3.05) is 18.4 Å². The second-order valence-corrected chi connectivity index (χ2v) is 8.26. The van der Waals surface area contributed by atoms with E-state index in [4.69, 9.17) is 4.52 Å². The maximum atomic E-state index is 14.0. The Morgan fingerprint density at radius 1 is 1.12 bits per heavy atom. The van der Waals surface area contributed by atoms with Gasteiger partial charge in [0.05, 0.1) is 23.6 Å². The lowest BCUT2D eigenvalue weighted by atomic mass is 9.95. The van der Waals surface area contributed by atoms with E-state index in [1.807, 2.05) is 16.8 Å². The van der Waals surface area contributed by atoms with Crippen LogP contribution in [-0.2, 0) is 0 Å². The Hall–Kier alpha value is -4.08. The number of carbonyl (C=O) groups excluding carboxylic acids is 2. The van der Waals surface area contributed by atoms with Gasteiger partial charge in [-0.15, -0.1) is 0 Å². The van der Waals surface area contributed by atoms with E-state index in [-0.39, 0.29) is 17.5 Å². The van der Waals surface area contributed by atoms with E-state index in [1.54, 1.807) is 36.2 Å². The van der Waals surface area contributed by atoms with Crippen molar-refractivity contribution >= 4 is 28.7 Å². The van der Waals surface area contributed by atoms with Gasteiger partial charge < -0.3 is 9.42 Å². The first-order chi connectivity index (χ1) is 15.9. The number of fused-ring (bicyclic) bond motifs is 1. The molecule has 33 heavy (non-hydrogen) atoms. The highest BCUT2D eigenvalue weighted by Gasteiger charge is 2.32. The maximum Gasteiger partial charge on any atom is 0.276 e. The number of nitrogens with one attached hydrogen (secondary N) is 1. The number of halogens is 1. The first kappa shape index (κ1) is 20.8. The molecule has 1 fully saturated rings. The van der Waals surface area contributed by atoms with Crippen LogP contribution in [0.4, 0.5) is 10.3 Å². The van der Waals surface area contributed by atoms with Gasteiger partial charge in [0.1, 0.15) is 17.0 Å². The Morgan fingerprint density at radius 3 is 2.64 bits per heavy atom. The molecule has 5 heterocycles. The molecule has 0 saturated carbocycles. The molecule has 0 aliphatic carbocycles. The quantitative estimate of drug-likeness (QED) is 0.511. The number of rotatable bonds is 4. The third-order valence-electron chi connectivity index (χ3n) is 5.80. The van der Waals surface area contributed by atoms with E-state index in [1.165, 1.54) is 18.5 Å². The zero-order chi connectivity index (χ0) is 23.0. The number of hydrogen-bond donors (Lipinski definition) is 1. The van der Waals surface area contributed by atoms with E-state index >= 15 is 0 Å². The topological polar surface area (TPSA) is 106 Å². The third-order valence-corrected chi connectivity index (χ3v) is 5.80. The van der Waals surface area contributed by atoms with Crippen molar-refractivity contribution < 1.29 is 18.5 Å². The molecule has 0 spiro atoms. The summed E-state index contributed by atoms with van der Waals surface area (Å²) in [5, 5.41) is 6.89. The summed E-state index contributed by atoms with van der Waals surface area (Å²) in [6, 6.07) is 8.53. The third kappa shape index (κ3) is 4.19. The Kier molecular flexibility index (Phi) is 5.12. The van der Waals surface area contributed by atoms with Crippen LogP contribution in [0.3, 0.4) is 0 Å². The number of amides is 2. The predicted octanol–water partition coefficient (Wildman–Crippen LogP) is 3.63. The second kappa shape index (κ2) is 8.12. The summed E-state index contributed by atoms with van der Waals surface area (Å²) in [4.78, 5) is 35.5. The van der Waals surface area contributed by atoms with Crippen molar-refractivity contribution in [3.8, 4) is 5.69 Å². The van der Waals surface area contributed by atoms with Crippen molar-refractivity contribution in [2.24, 2.45) is 0 Å². The van der Waals surface area contributed by atoms with Crippen LogP contribution < -0.4 is 5.32 Å². The molecule has 1 aliphatic rings. The fourth-order valence-electron chi connectivity index (χ4n) is 3.83. The molecule has 0 radical (unpaired) electrons. The van der Waals surface area contributed by atoms with Crippen LogP contribution in [-0.4, -0.2) is 55.2 Å². The van der Waals surface area contributed by atoms with Crippen LogP contribution in [0.2, 0.25) is 0 Å². The average molecular weight is 448 g/mol. The first-order valence-electron chi connectivity index (χ1n) is 10.5. The zero-order valence-electron chi connectivity index (χ0n) is 17.9. The van der Waals surface area contributed by atoms with E-state index in [0.717, 1.165) is 5.39 Å². The summed E-state index contributed by atoms with van der Waals surface area (Å²) < 4.78 is 20.7. The molecule has 0 atom stereocenters. The monoisotopic (exact) mass is 448 g/mol. The first-order valence-corrected chi connectivity index (χ1v) is 10.5. The minimum absolute atomic E-state index is 0.142. The summed E-state index contributed by atoms with van der Waals surface area (Å²) in [7, 11) is 0. The standard InChI is InChI=1S/C23H21FN6O3/c1-23(24)6-10-29(11-7-23)22(32)16-12-15-5-9-30(20(15)26-13-16)17-2-3-18(25-14-17)21(31)28-19-4-8-27-33-19/h2-5,8-9,12-14H,6-7,10-11H2,1H3,(H,28,31). The van der Waals surface area contributed by atoms with Gasteiger partial charge in [-0.3, -0.25) is 19.5 Å². The predicted molar refractivity (Wildman–Crippen MR) is 118 cm³/mol. The lowest BCUT2D eigenvalue weighted by Crippen LogP contribution is -2.43. The van der Waals surface area contributed by atoms with E-state index in [2.05, 4.69) is 20.4 Å². The number of hydrogen-bond acceptors (Lipinski definition) is 6. The number of piperidine rings is 1. The highest BCUT2D eigenvalue weighted by molar-refractivity contribution is 6.02. The molecular weight excluding hydrogens is 427 g/mol. The van der Waals surface area contributed by atoms with Gasteiger partial charge >= 0.3 is 0 Å². The fourth-order valence-corrected chi connectivity index (χ4v) is 3.83. The van der Waals surface area contributed by atoms with Crippen LogP contribution in [0.15, 0.2) is 59.6 Å². The molecule has 10 heteroatoms. The molecule has 4 aromatic rings. The number of likely N-dealkylation sites (tertiary alicyclic amines) is 1. The summed E-state index contributed by atoms with van der Waals surface area (Å²) in [6.45, 7) is 2.37. The smallest absolute Gasteiger partial charge is 0.276 e. The lowest BCUT2D eigenvalue weighted by Gasteiger charge is -2.34.